The Morgan fingerprint density at radius 1 is 0.408 bits per heavy atom. The zero-order valence-corrected chi connectivity index (χ0v) is 50.6. The Kier molecular flexibility index (Phi) is 54.4. The molecule has 9 nitrogen and oxygen atoms in total. The standard InChI is InChI=1S/C66H116NO8P/c1-6-8-10-12-14-16-18-20-21-22-23-24-25-26-27-28-29-30-31-32-33-34-35-36-37-38-39-40-41-42-43-44-45-47-49-51-53-55-57-59-66(69)75-64(63-74-76(70,71)73-61-60-67(3,4)5)62-72-65(68)58-56-54-52-50-48-46-19-17-15-13-11-9-7-2/h8-11,14-17,20-21,23-24,46,48,52,54,64H,6-7,12-13,18-19,22,25-45,47,49-51,53,55-63H2,1-5H3/p+1/b10-8-,11-9-,16-14-,17-15-,21-20-,24-23-,48-46-,54-52-. The Hall–Kier alpha value is -3.07. The molecule has 0 saturated carbocycles. The minimum atomic E-state index is -4.40. The van der Waals surface area contributed by atoms with Gasteiger partial charge in [0.2, 0.25) is 0 Å². The van der Waals surface area contributed by atoms with Crippen LogP contribution in [0.4, 0.5) is 0 Å². The van der Waals surface area contributed by atoms with E-state index in [4.69, 9.17) is 18.5 Å². The lowest BCUT2D eigenvalue weighted by Crippen LogP contribution is -2.37. The van der Waals surface area contributed by atoms with Crippen molar-refractivity contribution in [1.29, 1.82) is 0 Å². The molecule has 0 aliphatic heterocycles. The van der Waals surface area contributed by atoms with Crippen LogP contribution in [0, 0.1) is 0 Å². The van der Waals surface area contributed by atoms with Crippen LogP contribution in [0.25, 0.3) is 0 Å². The van der Waals surface area contributed by atoms with Gasteiger partial charge in [0.25, 0.3) is 0 Å². The summed E-state index contributed by atoms with van der Waals surface area (Å²) in [6.07, 6.45) is 78.3. The van der Waals surface area contributed by atoms with Gasteiger partial charge in [-0.3, -0.25) is 18.6 Å². The zero-order valence-electron chi connectivity index (χ0n) is 49.7. The Morgan fingerprint density at radius 2 is 0.737 bits per heavy atom. The van der Waals surface area contributed by atoms with E-state index in [2.05, 4.69) is 98.9 Å². The van der Waals surface area contributed by atoms with Gasteiger partial charge in [0.15, 0.2) is 6.10 Å². The maximum Gasteiger partial charge on any atom is 0.472 e. The van der Waals surface area contributed by atoms with E-state index in [1.165, 1.54) is 148 Å². The number of carbonyl (C=O) groups excluding carboxylic acids is 2. The number of quaternary nitrogens is 1. The number of hydrogen-bond acceptors (Lipinski definition) is 7. The number of nitrogens with zero attached hydrogens (tertiary/aromatic N) is 1. The number of allylic oxidation sites excluding steroid dienone is 16. The molecule has 0 aliphatic rings. The Labute approximate surface area is 468 Å². The largest absolute Gasteiger partial charge is 0.472 e. The molecule has 0 bridgehead atoms. The molecule has 2 unspecified atom stereocenters. The molecule has 0 spiro atoms. The minimum Gasteiger partial charge on any atom is -0.462 e. The number of carbonyl (C=O) groups is 2. The fraction of sp³-hybridized carbons (Fsp3) is 0.727. The predicted molar refractivity (Wildman–Crippen MR) is 325 cm³/mol. The second kappa shape index (κ2) is 56.6. The van der Waals surface area contributed by atoms with Crippen molar-refractivity contribution in [2.24, 2.45) is 0 Å². The highest BCUT2D eigenvalue weighted by Crippen LogP contribution is 2.43. The summed E-state index contributed by atoms with van der Waals surface area (Å²) in [5.41, 5.74) is 0. The van der Waals surface area contributed by atoms with E-state index in [0.717, 1.165) is 70.6 Å². The second-order valence-electron chi connectivity index (χ2n) is 21.7. The van der Waals surface area contributed by atoms with Gasteiger partial charge >= 0.3 is 19.8 Å². The molecular weight excluding hydrogens is 966 g/mol. The van der Waals surface area contributed by atoms with Crippen molar-refractivity contribution in [2.75, 3.05) is 47.5 Å². The number of phosphoric ester groups is 1. The van der Waals surface area contributed by atoms with E-state index in [0.29, 0.717) is 23.9 Å². The molecule has 1 N–H and O–H groups in total. The number of phosphoric acid groups is 1. The van der Waals surface area contributed by atoms with E-state index < -0.39 is 32.5 Å². The normalized spacial score (nSPS) is 13.9. The van der Waals surface area contributed by atoms with Crippen molar-refractivity contribution in [1.82, 2.24) is 0 Å². The summed E-state index contributed by atoms with van der Waals surface area (Å²) in [6.45, 7) is 4.13. The van der Waals surface area contributed by atoms with Crippen LogP contribution in [-0.2, 0) is 32.7 Å². The van der Waals surface area contributed by atoms with Crippen LogP contribution in [0.2, 0.25) is 0 Å². The van der Waals surface area contributed by atoms with Crippen molar-refractivity contribution < 1.29 is 42.1 Å². The van der Waals surface area contributed by atoms with Gasteiger partial charge in [0.1, 0.15) is 19.8 Å². The first-order valence-electron chi connectivity index (χ1n) is 31.0. The van der Waals surface area contributed by atoms with Crippen LogP contribution < -0.4 is 0 Å². The second-order valence-corrected chi connectivity index (χ2v) is 23.1. The SMILES string of the molecule is CC/C=C\C/C=C\C/C=C\C/C=C\CCCCCCCCCCCCCCCCCCCCCCCCCCCCC(=O)OC(COC(=O)CC/C=C\C/C=C\C/C=C\C/C=C\CC)COP(=O)(O)OCC[N+](C)(C)C. The lowest BCUT2D eigenvalue weighted by molar-refractivity contribution is -0.870. The lowest BCUT2D eigenvalue weighted by Gasteiger charge is -2.24. The molecule has 0 radical (unpaired) electrons. The highest BCUT2D eigenvalue weighted by atomic mass is 31.2. The fourth-order valence-electron chi connectivity index (χ4n) is 8.43. The van der Waals surface area contributed by atoms with Crippen LogP contribution in [0.5, 0.6) is 0 Å². The molecule has 0 aliphatic carbocycles. The summed E-state index contributed by atoms with van der Waals surface area (Å²) in [4.78, 5) is 35.5. The summed E-state index contributed by atoms with van der Waals surface area (Å²) in [5.74, 6) is -0.889. The van der Waals surface area contributed by atoms with Gasteiger partial charge in [-0.05, 0) is 77.0 Å². The topological polar surface area (TPSA) is 108 Å². The Morgan fingerprint density at radius 3 is 1.11 bits per heavy atom. The van der Waals surface area contributed by atoms with Crippen LogP contribution in [0.1, 0.15) is 258 Å². The summed E-state index contributed by atoms with van der Waals surface area (Å²) >= 11 is 0. The number of rotatable bonds is 56. The van der Waals surface area contributed by atoms with Crippen molar-refractivity contribution in [3.05, 3.63) is 97.2 Å². The van der Waals surface area contributed by atoms with Gasteiger partial charge in [-0.1, -0.05) is 265 Å². The van der Waals surface area contributed by atoms with E-state index >= 15 is 0 Å². The van der Waals surface area contributed by atoms with E-state index in [1.54, 1.807) is 0 Å². The smallest absolute Gasteiger partial charge is 0.462 e. The third-order valence-electron chi connectivity index (χ3n) is 13.1. The van der Waals surface area contributed by atoms with Crippen molar-refractivity contribution in [3.63, 3.8) is 0 Å². The van der Waals surface area contributed by atoms with E-state index in [-0.39, 0.29) is 26.1 Å². The van der Waals surface area contributed by atoms with Gasteiger partial charge in [0.05, 0.1) is 27.7 Å². The third kappa shape index (κ3) is 60.2. The molecule has 76 heavy (non-hydrogen) atoms. The summed E-state index contributed by atoms with van der Waals surface area (Å²) < 4.78 is 34.4. The molecule has 438 valence electrons. The fourth-order valence-corrected chi connectivity index (χ4v) is 9.18. The van der Waals surface area contributed by atoms with Crippen LogP contribution in [0.3, 0.4) is 0 Å². The first-order chi connectivity index (χ1) is 37.0. The Balaban J connectivity index is 3.92. The first-order valence-corrected chi connectivity index (χ1v) is 32.5. The number of unbranched alkanes of at least 4 members (excludes halogenated alkanes) is 26. The number of esters is 2. The van der Waals surface area contributed by atoms with Crippen molar-refractivity contribution in [2.45, 2.75) is 264 Å². The zero-order chi connectivity index (χ0) is 55.6. The van der Waals surface area contributed by atoms with Crippen LogP contribution in [-0.4, -0.2) is 74.9 Å². The van der Waals surface area contributed by atoms with Crippen LogP contribution in [0.15, 0.2) is 97.2 Å². The van der Waals surface area contributed by atoms with Gasteiger partial charge in [-0.25, -0.2) is 4.57 Å². The molecule has 0 saturated heterocycles. The average molecular weight is 1080 g/mol. The maximum absolute atomic E-state index is 12.8. The molecule has 0 aromatic carbocycles. The van der Waals surface area contributed by atoms with Gasteiger partial charge in [-0.2, -0.15) is 0 Å². The Bertz CT molecular complexity index is 1600. The third-order valence-corrected chi connectivity index (χ3v) is 14.1. The number of hydrogen-bond donors (Lipinski definition) is 1. The van der Waals surface area contributed by atoms with Crippen molar-refractivity contribution >= 4 is 19.8 Å². The number of ether oxygens (including phenoxy) is 2. The molecule has 0 amide bonds. The van der Waals surface area contributed by atoms with Crippen LogP contribution >= 0.6 is 7.82 Å². The molecule has 0 rings (SSSR count). The highest BCUT2D eigenvalue weighted by Gasteiger charge is 2.27. The quantitative estimate of drug-likeness (QED) is 0.0211. The minimum absolute atomic E-state index is 0.0193. The summed E-state index contributed by atoms with van der Waals surface area (Å²) in [5, 5.41) is 0. The maximum atomic E-state index is 12.8. The molecular formula is C66H117NO8P+. The average Bonchev–Trinajstić information content (AvgIpc) is 3.38. The molecule has 0 heterocycles. The lowest BCUT2D eigenvalue weighted by atomic mass is 10.0. The highest BCUT2D eigenvalue weighted by molar-refractivity contribution is 7.47. The van der Waals surface area contributed by atoms with E-state index in [1.807, 2.05) is 33.3 Å². The van der Waals surface area contributed by atoms with E-state index in [9.17, 15) is 19.0 Å². The molecule has 0 fully saturated rings. The summed E-state index contributed by atoms with van der Waals surface area (Å²) in [6, 6.07) is 0. The van der Waals surface area contributed by atoms with Crippen molar-refractivity contribution in [3.8, 4) is 0 Å². The van der Waals surface area contributed by atoms with Gasteiger partial charge < -0.3 is 18.9 Å². The molecule has 0 aromatic rings. The number of likely N-dealkylation sites (N-methyl/N-ethyl adjacent to an activating group) is 1. The van der Waals surface area contributed by atoms with Gasteiger partial charge in [-0.15, -0.1) is 0 Å². The molecule has 10 heteroatoms. The van der Waals surface area contributed by atoms with Gasteiger partial charge in [0, 0.05) is 12.8 Å². The summed E-state index contributed by atoms with van der Waals surface area (Å²) in [7, 11) is 1.44. The first kappa shape index (κ1) is 72.9. The molecule has 0 aromatic heterocycles. The molecule has 2 atom stereocenters. The monoisotopic (exact) mass is 1080 g/mol. The predicted octanol–water partition coefficient (Wildman–Crippen LogP) is 19.6.